The first-order valence-electron chi connectivity index (χ1n) is 4.44. The third-order valence-electron chi connectivity index (χ3n) is 1.33. The maximum atomic E-state index is 11.1. The maximum Gasteiger partial charge on any atom is 0.338 e. The Morgan fingerprint density at radius 3 is 2.36 bits per heavy atom. The van der Waals surface area contributed by atoms with E-state index in [0.29, 0.717) is 18.8 Å². The molecule has 0 aromatic rings. The van der Waals surface area contributed by atoms with Gasteiger partial charge in [-0.2, -0.15) is 0 Å². The monoisotopic (exact) mass is 201 g/mol. The van der Waals surface area contributed by atoms with Crippen molar-refractivity contribution in [3.63, 3.8) is 0 Å². The second-order valence-corrected chi connectivity index (χ2v) is 2.41. The lowest BCUT2D eigenvalue weighted by atomic mass is 10.3. The Balaban J connectivity index is 4.33. The van der Waals surface area contributed by atoms with Crippen molar-refractivity contribution in [3.8, 4) is 0 Å². The number of rotatable bonds is 5. The second-order valence-electron chi connectivity index (χ2n) is 2.41. The summed E-state index contributed by atoms with van der Waals surface area (Å²) in [6.07, 6.45) is 0.431. The van der Waals surface area contributed by atoms with E-state index in [-0.39, 0.29) is 6.61 Å². The third kappa shape index (κ3) is 4.59. The average Bonchev–Trinajstić information content (AvgIpc) is 2.15. The zero-order chi connectivity index (χ0) is 11.0. The molecule has 0 rings (SSSR count). The number of aldehydes is 1. The van der Waals surface area contributed by atoms with E-state index in [1.165, 1.54) is 0 Å². The summed E-state index contributed by atoms with van der Waals surface area (Å²) in [4.78, 5) is 25.4. The SMILES string of the molecule is CCOC(=O)C(C=O)N=C(C)OCC. The maximum absolute atomic E-state index is 11.1. The van der Waals surface area contributed by atoms with Gasteiger partial charge in [0.15, 0.2) is 12.2 Å². The number of nitrogens with zero attached hydrogens (tertiary/aromatic N) is 1. The van der Waals surface area contributed by atoms with Crippen LogP contribution in [-0.4, -0.2) is 37.4 Å². The molecule has 0 bridgehead atoms. The Labute approximate surface area is 83.1 Å². The number of carbonyl (C=O) groups excluding carboxylic acids is 2. The zero-order valence-corrected chi connectivity index (χ0v) is 8.65. The molecule has 1 atom stereocenters. The Hall–Kier alpha value is -1.39. The van der Waals surface area contributed by atoms with Crippen molar-refractivity contribution >= 4 is 18.2 Å². The van der Waals surface area contributed by atoms with Crippen LogP contribution in [0.2, 0.25) is 0 Å². The van der Waals surface area contributed by atoms with E-state index in [9.17, 15) is 9.59 Å². The Morgan fingerprint density at radius 2 is 1.93 bits per heavy atom. The van der Waals surface area contributed by atoms with Crippen molar-refractivity contribution < 1.29 is 19.1 Å². The molecule has 0 aliphatic rings. The Kier molecular flexibility index (Phi) is 6.36. The van der Waals surface area contributed by atoms with Crippen LogP contribution in [0.15, 0.2) is 4.99 Å². The van der Waals surface area contributed by atoms with E-state index in [0.717, 1.165) is 0 Å². The highest BCUT2D eigenvalue weighted by Gasteiger charge is 2.17. The molecule has 0 fully saturated rings. The van der Waals surface area contributed by atoms with Gasteiger partial charge in [-0.25, -0.2) is 9.79 Å². The molecule has 0 N–H and O–H groups in total. The summed E-state index contributed by atoms with van der Waals surface area (Å²) in [6.45, 7) is 5.72. The quantitative estimate of drug-likeness (QED) is 0.214. The van der Waals surface area contributed by atoms with Crippen LogP contribution in [0.25, 0.3) is 0 Å². The van der Waals surface area contributed by atoms with Gasteiger partial charge in [-0.05, 0) is 13.8 Å². The van der Waals surface area contributed by atoms with Gasteiger partial charge >= 0.3 is 5.97 Å². The molecule has 5 nitrogen and oxygen atoms in total. The molecule has 14 heavy (non-hydrogen) atoms. The van der Waals surface area contributed by atoms with Crippen molar-refractivity contribution in [2.45, 2.75) is 26.8 Å². The van der Waals surface area contributed by atoms with E-state index in [2.05, 4.69) is 9.73 Å². The molecule has 0 heterocycles. The average molecular weight is 201 g/mol. The summed E-state index contributed by atoms with van der Waals surface area (Å²) >= 11 is 0. The summed E-state index contributed by atoms with van der Waals surface area (Å²) in [5.74, 6) is -0.348. The highest BCUT2D eigenvalue weighted by atomic mass is 16.5. The zero-order valence-electron chi connectivity index (χ0n) is 8.65. The summed E-state index contributed by atoms with van der Waals surface area (Å²) in [5, 5.41) is 0. The van der Waals surface area contributed by atoms with Crippen molar-refractivity contribution in [2.75, 3.05) is 13.2 Å². The first-order valence-corrected chi connectivity index (χ1v) is 4.44. The van der Waals surface area contributed by atoms with Crippen LogP contribution in [0.4, 0.5) is 0 Å². The largest absolute Gasteiger partial charge is 0.481 e. The van der Waals surface area contributed by atoms with E-state index < -0.39 is 12.0 Å². The van der Waals surface area contributed by atoms with Crippen LogP contribution in [0.3, 0.4) is 0 Å². The molecule has 0 aliphatic carbocycles. The summed E-state index contributed by atoms with van der Waals surface area (Å²) in [7, 11) is 0. The summed E-state index contributed by atoms with van der Waals surface area (Å²) in [5.41, 5.74) is 0. The molecule has 0 aromatic heterocycles. The normalized spacial score (nSPS) is 13.2. The van der Waals surface area contributed by atoms with E-state index >= 15 is 0 Å². The summed E-state index contributed by atoms with van der Waals surface area (Å²) in [6, 6.07) is -1.11. The smallest absolute Gasteiger partial charge is 0.338 e. The minimum atomic E-state index is -1.11. The van der Waals surface area contributed by atoms with Crippen LogP contribution in [-0.2, 0) is 19.1 Å². The molecular formula is C9H15NO4. The third-order valence-corrected chi connectivity index (χ3v) is 1.33. The number of aliphatic imine (C=N–C) groups is 1. The molecule has 0 amide bonds. The lowest BCUT2D eigenvalue weighted by Crippen LogP contribution is -2.24. The number of ether oxygens (including phenoxy) is 2. The van der Waals surface area contributed by atoms with Gasteiger partial charge in [-0.15, -0.1) is 0 Å². The summed E-state index contributed by atoms with van der Waals surface area (Å²) < 4.78 is 9.63. The highest BCUT2D eigenvalue weighted by molar-refractivity contribution is 5.94. The molecule has 0 spiro atoms. The molecule has 80 valence electrons. The van der Waals surface area contributed by atoms with Gasteiger partial charge in [-0.3, -0.25) is 0 Å². The fraction of sp³-hybridized carbons (Fsp3) is 0.667. The number of hydrogen-bond donors (Lipinski definition) is 0. The predicted octanol–water partition coefficient (Wildman–Crippen LogP) is 0.572. The topological polar surface area (TPSA) is 65.0 Å². The molecule has 0 saturated heterocycles. The van der Waals surface area contributed by atoms with Crippen LogP contribution >= 0.6 is 0 Å². The molecule has 0 aromatic carbocycles. The minimum absolute atomic E-state index is 0.229. The lowest BCUT2D eigenvalue weighted by molar-refractivity contribution is -0.145. The van der Waals surface area contributed by atoms with Gasteiger partial charge in [0, 0.05) is 6.92 Å². The van der Waals surface area contributed by atoms with Gasteiger partial charge in [0.2, 0.25) is 6.04 Å². The molecule has 1 unspecified atom stereocenters. The molecule has 0 saturated carbocycles. The molecular weight excluding hydrogens is 186 g/mol. The first-order chi connectivity index (χ1) is 6.65. The molecule has 0 aliphatic heterocycles. The fourth-order valence-corrected chi connectivity index (χ4v) is 0.808. The van der Waals surface area contributed by atoms with Crippen molar-refractivity contribution in [2.24, 2.45) is 4.99 Å². The lowest BCUT2D eigenvalue weighted by Gasteiger charge is -2.06. The minimum Gasteiger partial charge on any atom is -0.481 e. The van der Waals surface area contributed by atoms with Gasteiger partial charge < -0.3 is 14.3 Å². The Bertz CT molecular complexity index is 225. The van der Waals surface area contributed by atoms with Crippen LogP contribution < -0.4 is 0 Å². The van der Waals surface area contributed by atoms with E-state index in [4.69, 9.17) is 4.74 Å². The first kappa shape index (κ1) is 12.6. The molecule has 0 radical (unpaired) electrons. The van der Waals surface area contributed by atoms with E-state index in [1.54, 1.807) is 20.8 Å². The number of hydrogen-bond acceptors (Lipinski definition) is 5. The predicted molar refractivity (Wildman–Crippen MR) is 51.2 cm³/mol. The Morgan fingerprint density at radius 1 is 1.36 bits per heavy atom. The van der Waals surface area contributed by atoms with Crippen molar-refractivity contribution in [3.05, 3.63) is 0 Å². The van der Waals surface area contributed by atoms with Crippen molar-refractivity contribution in [1.29, 1.82) is 0 Å². The van der Waals surface area contributed by atoms with Gasteiger partial charge in [0.25, 0.3) is 0 Å². The van der Waals surface area contributed by atoms with E-state index in [1.807, 2.05) is 0 Å². The second kappa shape index (κ2) is 7.06. The van der Waals surface area contributed by atoms with Gasteiger partial charge in [-0.1, -0.05) is 0 Å². The fourth-order valence-electron chi connectivity index (χ4n) is 0.808. The van der Waals surface area contributed by atoms with Gasteiger partial charge in [0.05, 0.1) is 13.2 Å². The van der Waals surface area contributed by atoms with Crippen LogP contribution in [0, 0.1) is 0 Å². The van der Waals surface area contributed by atoms with Crippen LogP contribution in [0.5, 0.6) is 0 Å². The van der Waals surface area contributed by atoms with Crippen molar-refractivity contribution in [1.82, 2.24) is 0 Å². The van der Waals surface area contributed by atoms with Gasteiger partial charge in [0.1, 0.15) is 0 Å². The van der Waals surface area contributed by atoms with Crippen LogP contribution in [0.1, 0.15) is 20.8 Å². The number of esters is 1. The highest BCUT2D eigenvalue weighted by Crippen LogP contribution is 1.94. The number of carbonyl (C=O) groups is 2. The standard InChI is InChI=1S/C9H15NO4/c1-4-13-7(3)10-8(6-11)9(12)14-5-2/h6,8H,4-5H2,1-3H3. The molecule has 5 heteroatoms.